The molecule has 4 heteroatoms. The summed E-state index contributed by atoms with van der Waals surface area (Å²) in [6, 6.07) is 0.222. The van der Waals surface area contributed by atoms with Crippen molar-refractivity contribution in [3.63, 3.8) is 0 Å². The third-order valence-corrected chi connectivity index (χ3v) is 2.21. The predicted octanol–water partition coefficient (Wildman–Crippen LogP) is 1.02. The van der Waals surface area contributed by atoms with Gasteiger partial charge in [-0.25, -0.2) is 0 Å². The molecule has 0 saturated heterocycles. The van der Waals surface area contributed by atoms with Crippen LogP contribution in [0.5, 0.6) is 0 Å². The van der Waals surface area contributed by atoms with Gasteiger partial charge in [0, 0.05) is 6.04 Å². The number of hydrogen-bond donors (Lipinski definition) is 1. The monoisotopic (exact) mass is 191 g/mol. The second-order valence-corrected chi connectivity index (χ2v) is 3.73. The van der Waals surface area contributed by atoms with Crippen molar-refractivity contribution in [1.29, 1.82) is 0 Å². The van der Waals surface area contributed by atoms with Crippen molar-refractivity contribution >= 4 is 17.7 Å². The molecule has 2 N–H and O–H groups in total. The van der Waals surface area contributed by atoms with E-state index >= 15 is 0 Å². The molecule has 0 amide bonds. The van der Waals surface area contributed by atoms with E-state index in [-0.39, 0.29) is 12.0 Å². The Balaban J connectivity index is 3.14. The van der Waals surface area contributed by atoms with E-state index in [2.05, 4.69) is 0 Å². The second kappa shape index (κ2) is 7.43. The molecule has 1 unspecified atom stereocenters. The Morgan fingerprint density at radius 3 is 2.83 bits per heavy atom. The van der Waals surface area contributed by atoms with Crippen molar-refractivity contribution in [2.45, 2.75) is 26.3 Å². The minimum absolute atomic E-state index is 0.132. The van der Waals surface area contributed by atoms with E-state index < -0.39 is 0 Å². The Morgan fingerprint density at radius 1 is 1.67 bits per heavy atom. The maximum Gasteiger partial charge on any atom is 0.315 e. The molecule has 72 valence electrons. The van der Waals surface area contributed by atoms with Crippen LogP contribution in [0.3, 0.4) is 0 Å². The first-order valence-corrected chi connectivity index (χ1v) is 5.31. The van der Waals surface area contributed by atoms with Gasteiger partial charge in [0.15, 0.2) is 0 Å². The zero-order chi connectivity index (χ0) is 9.40. The summed E-state index contributed by atoms with van der Waals surface area (Å²) in [5.74, 6) is 1.24. The Kier molecular flexibility index (Phi) is 7.29. The van der Waals surface area contributed by atoms with Crippen molar-refractivity contribution in [2.75, 3.05) is 18.1 Å². The molecule has 0 saturated carbocycles. The normalized spacial score (nSPS) is 12.6. The highest BCUT2D eigenvalue weighted by molar-refractivity contribution is 7.99. The van der Waals surface area contributed by atoms with Gasteiger partial charge < -0.3 is 10.5 Å². The van der Waals surface area contributed by atoms with E-state index in [1.54, 1.807) is 11.8 Å². The number of hydrogen-bond acceptors (Lipinski definition) is 4. The summed E-state index contributed by atoms with van der Waals surface area (Å²) in [7, 11) is 0. The number of esters is 1. The largest absolute Gasteiger partial charge is 0.465 e. The van der Waals surface area contributed by atoms with Gasteiger partial charge in [-0.2, -0.15) is 11.8 Å². The molecule has 0 rings (SSSR count). The Hall–Kier alpha value is -0.220. The summed E-state index contributed by atoms with van der Waals surface area (Å²) in [5.41, 5.74) is 5.54. The van der Waals surface area contributed by atoms with Gasteiger partial charge in [0.2, 0.25) is 0 Å². The van der Waals surface area contributed by atoms with Crippen LogP contribution in [0.1, 0.15) is 20.3 Å². The fourth-order valence-electron chi connectivity index (χ4n) is 0.627. The highest BCUT2D eigenvalue weighted by Crippen LogP contribution is 2.04. The number of thioether (sulfide) groups is 1. The predicted molar refractivity (Wildman–Crippen MR) is 52.2 cm³/mol. The summed E-state index contributed by atoms with van der Waals surface area (Å²) < 4.78 is 4.76. The molecular weight excluding hydrogens is 174 g/mol. The van der Waals surface area contributed by atoms with Crippen LogP contribution in [0.4, 0.5) is 0 Å². The van der Waals surface area contributed by atoms with Crippen LogP contribution in [0.2, 0.25) is 0 Å². The molecule has 0 aliphatic carbocycles. The molecule has 0 heterocycles. The molecule has 0 bridgehead atoms. The van der Waals surface area contributed by atoms with Crippen LogP contribution in [0.25, 0.3) is 0 Å². The molecule has 1 atom stereocenters. The zero-order valence-corrected chi connectivity index (χ0v) is 8.52. The summed E-state index contributed by atoms with van der Waals surface area (Å²) in [4.78, 5) is 10.8. The van der Waals surface area contributed by atoms with E-state index in [0.717, 1.165) is 12.2 Å². The van der Waals surface area contributed by atoms with Crippen LogP contribution < -0.4 is 5.73 Å². The first kappa shape index (κ1) is 11.8. The number of carbonyl (C=O) groups is 1. The fraction of sp³-hybridized carbons (Fsp3) is 0.875. The van der Waals surface area contributed by atoms with Gasteiger partial charge in [0.25, 0.3) is 0 Å². The van der Waals surface area contributed by atoms with E-state index in [1.807, 2.05) is 13.8 Å². The number of nitrogens with two attached hydrogens (primary N) is 1. The van der Waals surface area contributed by atoms with Crippen LogP contribution in [0, 0.1) is 0 Å². The van der Waals surface area contributed by atoms with E-state index in [4.69, 9.17) is 10.5 Å². The molecule has 0 aromatic rings. The highest BCUT2D eigenvalue weighted by atomic mass is 32.2. The summed E-state index contributed by atoms with van der Waals surface area (Å²) in [6.45, 7) is 4.24. The summed E-state index contributed by atoms with van der Waals surface area (Å²) >= 11 is 1.58. The first-order valence-electron chi connectivity index (χ1n) is 4.15. The molecule has 0 aromatic heterocycles. The van der Waals surface area contributed by atoms with E-state index in [9.17, 15) is 4.79 Å². The quantitative estimate of drug-likeness (QED) is 0.503. The minimum Gasteiger partial charge on any atom is -0.465 e. The SMILES string of the molecule is CCOC(=O)CSCCC(C)N. The number of carbonyl (C=O) groups excluding carboxylic acids is 1. The second-order valence-electron chi connectivity index (χ2n) is 2.62. The van der Waals surface area contributed by atoms with Crippen LogP contribution in [-0.2, 0) is 9.53 Å². The maximum absolute atomic E-state index is 10.8. The average molecular weight is 191 g/mol. The van der Waals surface area contributed by atoms with Gasteiger partial charge in [-0.1, -0.05) is 0 Å². The van der Waals surface area contributed by atoms with Gasteiger partial charge in [-0.05, 0) is 26.0 Å². The van der Waals surface area contributed by atoms with Crippen LogP contribution in [-0.4, -0.2) is 30.1 Å². The topological polar surface area (TPSA) is 52.3 Å². The highest BCUT2D eigenvalue weighted by Gasteiger charge is 2.01. The van der Waals surface area contributed by atoms with Crippen molar-refractivity contribution in [3.8, 4) is 0 Å². The lowest BCUT2D eigenvalue weighted by molar-refractivity contribution is -0.139. The maximum atomic E-state index is 10.8. The van der Waals surface area contributed by atoms with Crippen molar-refractivity contribution < 1.29 is 9.53 Å². The van der Waals surface area contributed by atoms with Crippen molar-refractivity contribution in [3.05, 3.63) is 0 Å². The lowest BCUT2D eigenvalue weighted by atomic mass is 10.3. The van der Waals surface area contributed by atoms with Crippen LogP contribution in [0.15, 0.2) is 0 Å². The molecule has 0 aliphatic heterocycles. The average Bonchev–Trinajstić information content (AvgIpc) is 1.98. The summed E-state index contributed by atoms with van der Waals surface area (Å²) in [6.07, 6.45) is 0.948. The molecule has 3 nitrogen and oxygen atoms in total. The van der Waals surface area contributed by atoms with Crippen LogP contribution >= 0.6 is 11.8 Å². The fourth-order valence-corrected chi connectivity index (χ4v) is 1.56. The Labute approximate surface area is 78.0 Å². The molecule has 0 aliphatic rings. The van der Waals surface area contributed by atoms with Gasteiger partial charge in [0.05, 0.1) is 12.4 Å². The van der Waals surface area contributed by atoms with E-state index in [0.29, 0.717) is 12.4 Å². The molecular formula is C8H17NO2S. The van der Waals surface area contributed by atoms with Gasteiger partial charge >= 0.3 is 5.97 Å². The van der Waals surface area contributed by atoms with Gasteiger partial charge in [-0.15, -0.1) is 0 Å². The molecule has 0 fully saturated rings. The third kappa shape index (κ3) is 7.88. The Bertz CT molecular complexity index is 128. The Morgan fingerprint density at radius 2 is 2.33 bits per heavy atom. The minimum atomic E-state index is -0.132. The smallest absolute Gasteiger partial charge is 0.315 e. The molecule has 12 heavy (non-hydrogen) atoms. The van der Waals surface area contributed by atoms with Crippen molar-refractivity contribution in [2.24, 2.45) is 5.73 Å². The lowest BCUT2D eigenvalue weighted by Crippen LogP contribution is -2.16. The molecule has 0 spiro atoms. The molecule has 0 radical (unpaired) electrons. The lowest BCUT2D eigenvalue weighted by Gasteiger charge is -2.04. The third-order valence-electron chi connectivity index (χ3n) is 1.24. The number of ether oxygens (including phenoxy) is 1. The summed E-state index contributed by atoms with van der Waals surface area (Å²) in [5, 5.41) is 0. The van der Waals surface area contributed by atoms with Gasteiger partial charge in [-0.3, -0.25) is 4.79 Å². The first-order chi connectivity index (χ1) is 5.66. The molecule has 0 aromatic carbocycles. The van der Waals surface area contributed by atoms with Crippen molar-refractivity contribution in [1.82, 2.24) is 0 Å². The zero-order valence-electron chi connectivity index (χ0n) is 7.71. The van der Waals surface area contributed by atoms with Gasteiger partial charge in [0.1, 0.15) is 0 Å². The van der Waals surface area contributed by atoms with E-state index in [1.165, 1.54) is 0 Å². The number of rotatable bonds is 6. The standard InChI is InChI=1S/C8H17NO2S/c1-3-11-8(10)6-12-5-4-7(2)9/h7H,3-6,9H2,1-2H3.